The largest absolute Gasteiger partial charge is 0.461 e. The summed E-state index contributed by atoms with van der Waals surface area (Å²) in [6.07, 6.45) is 0.552. The molecule has 4 aromatic rings. The number of nitrogens with one attached hydrogen (secondary N) is 1. The quantitative estimate of drug-likeness (QED) is 0.397. The first-order chi connectivity index (χ1) is 13.6. The van der Waals surface area contributed by atoms with Gasteiger partial charge in [-0.25, -0.2) is 14.6 Å². The second kappa shape index (κ2) is 7.82. The number of thiazole rings is 1. The summed E-state index contributed by atoms with van der Waals surface area (Å²) in [7, 11) is 0. The lowest BCUT2D eigenvalue weighted by Crippen LogP contribution is -2.18. The highest BCUT2D eigenvalue weighted by molar-refractivity contribution is 7.17. The molecular formula is C21H19N3O3S. The van der Waals surface area contributed by atoms with Crippen molar-refractivity contribution >= 4 is 28.3 Å². The number of esters is 1. The van der Waals surface area contributed by atoms with Crippen molar-refractivity contribution in [2.45, 2.75) is 19.9 Å². The van der Waals surface area contributed by atoms with E-state index in [0.717, 1.165) is 21.6 Å². The maximum atomic E-state index is 12.4. The Morgan fingerprint density at radius 2 is 1.89 bits per heavy atom. The first-order valence-corrected chi connectivity index (χ1v) is 9.82. The smallest absolute Gasteiger partial charge is 0.350 e. The van der Waals surface area contributed by atoms with Crippen molar-refractivity contribution in [3.8, 4) is 10.6 Å². The van der Waals surface area contributed by atoms with E-state index in [2.05, 4.69) is 9.97 Å². The zero-order valence-electron chi connectivity index (χ0n) is 15.3. The second-order valence-electron chi connectivity index (χ2n) is 6.39. The molecule has 0 amide bonds. The van der Waals surface area contributed by atoms with Crippen molar-refractivity contribution in [3.63, 3.8) is 0 Å². The van der Waals surface area contributed by atoms with Gasteiger partial charge in [0.1, 0.15) is 9.88 Å². The molecule has 0 fully saturated rings. The molecular weight excluding hydrogens is 374 g/mol. The van der Waals surface area contributed by atoms with Gasteiger partial charge in [-0.15, -0.1) is 11.3 Å². The highest BCUT2D eigenvalue weighted by atomic mass is 32.1. The predicted molar refractivity (Wildman–Crippen MR) is 110 cm³/mol. The summed E-state index contributed by atoms with van der Waals surface area (Å²) in [6.45, 7) is 2.53. The Balaban J connectivity index is 1.38. The molecule has 0 aliphatic carbocycles. The molecule has 28 heavy (non-hydrogen) atoms. The van der Waals surface area contributed by atoms with E-state index in [4.69, 9.17) is 4.74 Å². The molecule has 6 nitrogen and oxygen atoms in total. The van der Waals surface area contributed by atoms with Crippen LogP contribution in [0.3, 0.4) is 0 Å². The SMILES string of the molecule is Cc1nc(-c2ccccc2)sc1C(=O)OCCCn1c(=O)[nH]c2ccccc21. The summed E-state index contributed by atoms with van der Waals surface area (Å²) >= 11 is 1.33. The molecule has 0 spiro atoms. The van der Waals surface area contributed by atoms with Gasteiger partial charge in [0.05, 0.1) is 23.3 Å². The Kier molecular flexibility index (Phi) is 5.08. The molecule has 0 radical (unpaired) electrons. The van der Waals surface area contributed by atoms with Crippen LogP contribution in [0.5, 0.6) is 0 Å². The summed E-state index contributed by atoms with van der Waals surface area (Å²) in [5, 5.41) is 0.801. The number of aromatic nitrogens is 3. The molecule has 7 heteroatoms. The molecule has 2 aromatic heterocycles. The minimum absolute atomic E-state index is 0.154. The molecule has 0 aliphatic heterocycles. The Hall–Kier alpha value is -3.19. The van der Waals surface area contributed by atoms with Gasteiger partial charge in [0, 0.05) is 12.1 Å². The fraction of sp³-hybridized carbons (Fsp3) is 0.190. The number of para-hydroxylation sites is 2. The molecule has 142 valence electrons. The number of carbonyl (C=O) groups is 1. The van der Waals surface area contributed by atoms with E-state index in [1.165, 1.54) is 11.3 Å². The van der Waals surface area contributed by atoms with E-state index in [1.54, 1.807) is 4.57 Å². The lowest BCUT2D eigenvalue weighted by atomic mass is 10.2. The van der Waals surface area contributed by atoms with Crippen LogP contribution < -0.4 is 5.69 Å². The number of fused-ring (bicyclic) bond motifs is 1. The predicted octanol–water partition coefficient (Wildman–Crippen LogP) is 4.01. The first kappa shape index (κ1) is 18.2. The number of benzene rings is 2. The van der Waals surface area contributed by atoms with Gasteiger partial charge in [0.15, 0.2) is 0 Å². The Labute approximate surface area is 165 Å². The molecule has 2 heterocycles. The van der Waals surface area contributed by atoms with Crippen LogP contribution in [0.4, 0.5) is 0 Å². The van der Waals surface area contributed by atoms with Gasteiger partial charge in [-0.2, -0.15) is 0 Å². The van der Waals surface area contributed by atoms with Crippen molar-refractivity contribution in [2.24, 2.45) is 0 Å². The lowest BCUT2D eigenvalue weighted by molar-refractivity contribution is 0.0500. The van der Waals surface area contributed by atoms with E-state index in [-0.39, 0.29) is 18.3 Å². The third-order valence-corrected chi connectivity index (χ3v) is 5.63. The molecule has 0 bridgehead atoms. The summed E-state index contributed by atoms with van der Waals surface area (Å²) in [6, 6.07) is 17.3. The Morgan fingerprint density at radius 3 is 2.71 bits per heavy atom. The van der Waals surface area contributed by atoms with E-state index < -0.39 is 0 Å². The molecule has 4 rings (SSSR count). The fourth-order valence-electron chi connectivity index (χ4n) is 3.07. The van der Waals surface area contributed by atoms with Gasteiger partial charge < -0.3 is 9.72 Å². The molecule has 0 saturated heterocycles. The number of H-pyrrole nitrogens is 1. The number of aryl methyl sites for hydroxylation is 2. The normalized spacial score (nSPS) is 11.0. The average molecular weight is 393 g/mol. The van der Waals surface area contributed by atoms with Crippen LogP contribution in [-0.2, 0) is 11.3 Å². The van der Waals surface area contributed by atoms with Crippen LogP contribution in [0.15, 0.2) is 59.4 Å². The minimum atomic E-state index is -0.372. The van der Waals surface area contributed by atoms with Crippen LogP contribution >= 0.6 is 11.3 Å². The van der Waals surface area contributed by atoms with E-state index in [0.29, 0.717) is 23.5 Å². The fourth-order valence-corrected chi connectivity index (χ4v) is 4.04. The lowest BCUT2D eigenvalue weighted by Gasteiger charge is -2.05. The Morgan fingerprint density at radius 1 is 1.14 bits per heavy atom. The summed E-state index contributed by atoms with van der Waals surface area (Å²) < 4.78 is 7.08. The molecule has 1 N–H and O–H groups in total. The van der Waals surface area contributed by atoms with Crippen LogP contribution in [0.2, 0.25) is 0 Å². The zero-order chi connectivity index (χ0) is 19.5. The molecule has 2 aromatic carbocycles. The number of hydrogen-bond donors (Lipinski definition) is 1. The monoisotopic (exact) mass is 393 g/mol. The van der Waals surface area contributed by atoms with E-state index >= 15 is 0 Å². The second-order valence-corrected chi connectivity index (χ2v) is 7.39. The third-order valence-electron chi connectivity index (χ3n) is 4.44. The minimum Gasteiger partial charge on any atom is -0.461 e. The number of rotatable bonds is 6. The summed E-state index contributed by atoms with van der Waals surface area (Å²) in [5.41, 5.74) is 3.15. The summed E-state index contributed by atoms with van der Waals surface area (Å²) in [5.74, 6) is -0.372. The first-order valence-electron chi connectivity index (χ1n) is 9.01. The van der Waals surface area contributed by atoms with Gasteiger partial charge in [-0.1, -0.05) is 42.5 Å². The van der Waals surface area contributed by atoms with Crippen LogP contribution in [0.25, 0.3) is 21.6 Å². The van der Waals surface area contributed by atoms with Crippen molar-refractivity contribution in [1.29, 1.82) is 0 Å². The number of carbonyl (C=O) groups excluding carboxylic acids is 1. The van der Waals surface area contributed by atoms with Crippen molar-refractivity contribution in [3.05, 3.63) is 75.7 Å². The van der Waals surface area contributed by atoms with Gasteiger partial charge in [0.25, 0.3) is 0 Å². The number of hydrogen-bond acceptors (Lipinski definition) is 5. The van der Waals surface area contributed by atoms with E-state index in [1.807, 2.05) is 61.5 Å². The number of ether oxygens (including phenoxy) is 1. The van der Waals surface area contributed by atoms with Crippen LogP contribution in [0.1, 0.15) is 21.8 Å². The summed E-state index contributed by atoms with van der Waals surface area (Å²) in [4.78, 5) is 32.3. The van der Waals surface area contributed by atoms with Gasteiger partial charge >= 0.3 is 11.7 Å². The standard InChI is InChI=1S/C21H19N3O3S/c1-14-18(28-19(22-14)15-8-3-2-4-9-15)20(25)27-13-7-12-24-17-11-6-5-10-16(17)23-21(24)26/h2-6,8-11H,7,12-13H2,1H3,(H,23,26). The topological polar surface area (TPSA) is 77.0 Å². The van der Waals surface area contributed by atoms with Crippen molar-refractivity contribution < 1.29 is 9.53 Å². The van der Waals surface area contributed by atoms with Gasteiger partial charge in [-0.05, 0) is 25.5 Å². The van der Waals surface area contributed by atoms with Gasteiger partial charge in [0.2, 0.25) is 0 Å². The van der Waals surface area contributed by atoms with Crippen LogP contribution in [0, 0.1) is 6.92 Å². The maximum absolute atomic E-state index is 12.4. The maximum Gasteiger partial charge on any atom is 0.350 e. The van der Waals surface area contributed by atoms with E-state index in [9.17, 15) is 9.59 Å². The zero-order valence-corrected chi connectivity index (χ0v) is 16.2. The molecule has 0 aliphatic rings. The third kappa shape index (κ3) is 3.61. The highest BCUT2D eigenvalue weighted by Crippen LogP contribution is 2.28. The number of imidazole rings is 1. The van der Waals surface area contributed by atoms with Crippen LogP contribution in [-0.4, -0.2) is 27.1 Å². The number of aromatic amines is 1. The number of nitrogens with zero attached hydrogens (tertiary/aromatic N) is 2. The van der Waals surface area contributed by atoms with Gasteiger partial charge in [-0.3, -0.25) is 4.57 Å². The van der Waals surface area contributed by atoms with Crippen molar-refractivity contribution in [1.82, 2.24) is 14.5 Å². The molecule has 0 unspecified atom stereocenters. The average Bonchev–Trinajstić information content (AvgIpc) is 3.25. The highest BCUT2D eigenvalue weighted by Gasteiger charge is 2.17. The molecule has 0 saturated carbocycles. The van der Waals surface area contributed by atoms with Crippen molar-refractivity contribution in [2.75, 3.05) is 6.61 Å². The molecule has 0 atom stereocenters. The Bertz CT molecular complexity index is 1170.